The van der Waals surface area contributed by atoms with Crippen LogP contribution in [-0.4, -0.2) is 24.6 Å². The van der Waals surface area contributed by atoms with Crippen LogP contribution in [0.4, 0.5) is 14.5 Å². The summed E-state index contributed by atoms with van der Waals surface area (Å²) in [5.41, 5.74) is 5.58. The molecule has 0 aliphatic carbocycles. The summed E-state index contributed by atoms with van der Waals surface area (Å²) >= 11 is 0. The number of aliphatic imine (C=N–C) groups is 1. The summed E-state index contributed by atoms with van der Waals surface area (Å²) in [5, 5.41) is 5.77. The molecule has 1 rings (SSSR count). The minimum atomic E-state index is -0.577. The maximum absolute atomic E-state index is 13.3. The van der Waals surface area contributed by atoms with Gasteiger partial charge in [-0.15, -0.1) is 24.0 Å². The summed E-state index contributed by atoms with van der Waals surface area (Å²) in [4.78, 5) is 4.02. The van der Waals surface area contributed by atoms with Gasteiger partial charge in [0.05, 0.1) is 12.2 Å². The van der Waals surface area contributed by atoms with Crippen LogP contribution < -0.4 is 16.4 Å². The molecule has 0 bridgehead atoms. The number of benzene rings is 1. The van der Waals surface area contributed by atoms with Crippen LogP contribution >= 0.6 is 24.0 Å². The van der Waals surface area contributed by atoms with Gasteiger partial charge in [0.2, 0.25) is 0 Å². The molecule has 0 heterocycles. The van der Waals surface area contributed by atoms with Crippen molar-refractivity contribution in [3.63, 3.8) is 0 Å². The molecule has 1 aromatic rings. The maximum atomic E-state index is 13.3. The topological polar surface area (TPSA) is 62.4 Å². The highest BCUT2D eigenvalue weighted by molar-refractivity contribution is 14.0. The zero-order valence-electron chi connectivity index (χ0n) is 11.8. The number of guanidine groups is 1. The second kappa shape index (κ2) is 8.35. The quantitative estimate of drug-likeness (QED) is 0.316. The number of nitrogens with two attached hydrogens (primary N) is 1. The Bertz CT molecular complexity index is 458. The van der Waals surface area contributed by atoms with Crippen molar-refractivity contribution < 1.29 is 8.78 Å². The third-order valence-corrected chi connectivity index (χ3v) is 2.24. The van der Waals surface area contributed by atoms with Crippen molar-refractivity contribution in [2.24, 2.45) is 10.7 Å². The first-order valence-corrected chi connectivity index (χ1v) is 6.05. The molecule has 0 radical (unpaired) electrons. The second-order valence-electron chi connectivity index (χ2n) is 5.19. The molecule has 0 saturated heterocycles. The van der Waals surface area contributed by atoms with Crippen LogP contribution in [0, 0.1) is 11.6 Å². The first-order chi connectivity index (χ1) is 8.78. The highest BCUT2D eigenvalue weighted by Gasteiger charge is 2.07. The Morgan fingerprint density at radius 3 is 2.55 bits per heavy atom. The number of halogens is 3. The van der Waals surface area contributed by atoms with Gasteiger partial charge in [0, 0.05) is 18.2 Å². The lowest BCUT2D eigenvalue weighted by Crippen LogP contribution is -2.37. The largest absolute Gasteiger partial charge is 0.370 e. The van der Waals surface area contributed by atoms with E-state index in [0.717, 1.165) is 18.2 Å². The van der Waals surface area contributed by atoms with E-state index < -0.39 is 11.6 Å². The molecule has 4 nitrogen and oxygen atoms in total. The van der Waals surface area contributed by atoms with Crippen molar-refractivity contribution in [1.29, 1.82) is 0 Å². The summed E-state index contributed by atoms with van der Waals surface area (Å²) in [5.74, 6) is -1.06. The number of hydrogen-bond acceptors (Lipinski definition) is 2. The Morgan fingerprint density at radius 2 is 1.95 bits per heavy atom. The summed E-state index contributed by atoms with van der Waals surface area (Å²) in [7, 11) is 0. The zero-order valence-corrected chi connectivity index (χ0v) is 14.2. The Labute approximate surface area is 135 Å². The Hall–Kier alpha value is -0.960. The molecule has 0 aliphatic rings. The fraction of sp³-hybridized carbons (Fsp3) is 0.462. The number of hydrogen-bond donors (Lipinski definition) is 3. The van der Waals surface area contributed by atoms with Crippen LogP contribution in [0.5, 0.6) is 0 Å². The normalized spacial score (nSPS) is 11.9. The minimum absolute atomic E-state index is 0. The molecule has 4 N–H and O–H groups in total. The van der Waals surface area contributed by atoms with Gasteiger partial charge in [-0.3, -0.25) is 4.99 Å². The van der Waals surface area contributed by atoms with Gasteiger partial charge in [-0.05, 0) is 32.9 Å². The van der Waals surface area contributed by atoms with Gasteiger partial charge < -0.3 is 16.4 Å². The van der Waals surface area contributed by atoms with Crippen LogP contribution in [0.15, 0.2) is 23.2 Å². The summed E-state index contributed by atoms with van der Waals surface area (Å²) in [6.45, 7) is 7.23. The molecule has 1 aromatic carbocycles. The molecule has 0 spiro atoms. The highest BCUT2D eigenvalue weighted by atomic mass is 127. The average Bonchev–Trinajstić information content (AvgIpc) is 2.28. The highest BCUT2D eigenvalue weighted by Crippen LogP contribution is 2.14. The number of nitrogens with zero attached hydrogens (tertiary/aromatic N) is 1. The van der Waals surface area contributed by atoms with E-state index in [9.17, 15) is 8.78 Å². The number of nitrogens with one attached hydrogen (secondary N) is 2. The Kier molecular flexibility index (Phi) is 7.95. The molecular weight excluding hydrogens is 377 g/mol. The lowest BCUT2D eigenvalue weighted by atomic mass is 10.1. The lowest BCUT2D eigenvalue weighted by molar-refractivity contribution is 0.433. The molecule has 0 aliphatic heterocycles. The van der Waals surface area contributed by atoms with Gasteiger partial charge in [-0.1, -0.05) is 0 Å². The summed E-state index contributed by atoms with van der Waals surface area (Å²) < 4.78 is 26.3. The fourth-order valence-electron chi connectivity index (χ4n) is 1.38. The molecule has 0 unspecified atom stereocenters. The SMILES string of the molecule is CC(C)(C)NCCN=C(N)Nc1cc(F)ccc1F.I. The maximum Gasteiger partial charge on any atom is 0.193 e. The van der Waals surface area contributed by atoms with Crippen molar-refractivity contribution in [3.8, 4) is 0 Å². The van der Waals surface area contributed by atoms with E-state index in [1.54, 1.807) is 0 Å². The Balaban J connectivity index is 0.00000361. The van der Waals surface area contributed by atoms with Crippen LogP contribution in [0.1, 0.15) is 20.8 Å². The summed E-state index contributed by atoms with van der Waals surface area (Å²) in [6, 6.07) is 3.11. The predicted molar refractivity (Wildman–Crippen MR) is 89.6 cm³/mol. The first-order valence-electron chi connectivity index (χ1n) is 6.05. The third kappa shape index (κ3) is 7.59. The van der Waals surface area contributed by atoms with Gasteiger partial charge >= 0.3 is 0 Å². The third-order valence-electron chi connectivity index (χ3n) is 2.24. The van der Waals surface area contributed by atoms with Crippen LogP contribution in [0.2, 0.25) is 0 Å². The number of anilines is 1. The van der Waals surface area contributed by atoms with Crippen molar-refractivity contribution in [2.75, 3.05) is 18.4 Å². The van der Waals surface area contributed by atoms with E-state index in [2.05, 4.69) is 15.6 Å². The molecule has 114 valence electrons. The van der Waals surface area contributed by atoms with Crippen molar-refractivity contribution in [3.05, 3.63) is 29.8 Å². The average molecular weight is 398 g/mol. The predicted octanol–water partition coefficient (Wildman–Crippen LogP) is 2.70. The van der Waals surface area contributed by atoms with Crippen LogP contribution in [-0.2, 0) is 0 Å². The molecule has 20 heavy (non-hydrogen) atoms. The van der Waals surface area contributed by atoms with Gasteiger partial charge in [-0.2, -0.15) is 0 Å². The standard InChI is InChI=1S/C13H20F2N4.HI/c1-13(2,3)18-7-6-17-12(16)19-11-8-9(14)4-5-10(11)15;/h4-5,8,18H,6-7H2,1-3H3,(H3,16,17,19);1H. The molecule has 0 aromatic heterocycles. The van der Waals surface area contributed by atoms with Crippen LogP contribution in [0.25, 0.3) is 0 Å². The van der Waals surface area contributed by atoms with E-state index in [-0.39, 0.29) is 41.2 Å². The van der Waals surface area contributed by atoms with Crippen molar-refractivity contribution in [1.82, 2.24) is 5.32 Å². The number of rotatable bonds is 4. The van der Waals surface area contributed by atoms with E-state index >= 15 is 0 Å². The first kappa shape index (κ1) is 19.0. The molecule has 0 fully saturated rings. The monoisotopic (exact) mass is 398 g/mol. The van der Waals surface area contributed by atoms with E-state index in [1.165, 1.54) is 0 Å². The second-order valence-corrected chi connectivity index (χ2v) is 5.19. The van der Waals surface area contributed by atoms with Gasteiger partial charge in [0.15, 0.2) is 5.96 Å². The van der Waals surface area contributed by atoms with Gasteiger partial charge in [0.1, 0.15) is 11.6 Å². The molecule has 0 saturated carbocycles. The van der Waals surface area contributed by atoms with Crippen molar-refractivity contribution >= 4 is 35.6 Å². The molecule has 7 heteroatoms. The van der Waals surface area contributed by atoms with Crippen molar-refractivity contribution in [2.45, 2.75) is 26.3 Å². The van der Waals surface area contributed by atoms with E-state index in [4.69, 9.17) is 5.73 Å². The fourth-order valence-corrected chi connectivity index (χ4v) is 1.38. The van der Waals surface area contributed by atoms with E-state index in [0.29, 0.717) is 13.1 Å². The zero-order chi connectivity index (χ0) is 14.5. The molecule has 0 amide bonds. The minimum Gasteiger partial charge on any atom is -0.370 e. The Morgan fingerprint density at radius 1 is 1.30 bits per heavy atom. The van der Waals surface area contributed by atoms with Gasteiger partial charge in [-0.25, -0.2) is 8.78 Å². The van der Waals surface area contributed by atoms with E-state index in [1.807, 2.05) is 20.8 Å². The summed E-state index contributed by atoms with van der Waals surface area (Å²) in [6.07, 6.45) is 0. The smallest absolute Gasteiger partial charge is 0.193 e. The molecule has 0 atom stereocenters. The lowest BCUT2D eigenvalue weighted by Gasteiger charge is -2.19. The van der Waals surface area contributed by atoms with Gasteiger partial charge in [0.25, 0.3) is 0 Å². The van der Waals surface area contributed by atoms with Crippen LogP contribution in [0.3, 0.4) is 0 Å². The molecular formula is C13H21F2IN4.